The second kappa shape index (κ2) is 5.11. The number of hydrogen-bond donors (Lipinski definition) is 1. The molecule has 98 valence electrons. The van der Waals surface area contributed by atoms with Gasteiger partial charge in [0.15, 0.2) is 0 Å². The second-order valence-electron chi connectivity index (χ2n) is 5.41. The third-order valence-corrected chi connectivity index (χ3v) is 3.60. The Morgan fingerprint density at radius 1 is 1.44 bits per heavy atom. The van der Waals surface area contributed by atoms with Gasteiger partial charge in [-0.15, -0.1) is 0 Å². The lowest BCUT2D eigenvalue weighted by atomic mass is 10.0. The van der Waals surface area contributed by atoms with Crippen LogP contribution in [0.15, 0.2) is 18.2 Å². The molecule has 0 spiro atoms. The highest BCUT2D eigenvalue weighted by Crippen LogP contribution is 2.32. The highest BCUT2D eigenvalue weighted by atomic mass is 16.3. The van der Waals surface area contributed by atoms with E-state index in [0.29, 0.717) is 12.5 Å². The number of aliphatic hydroxyl groups is 1. The van der Waals surface area contributed by atoms with Crippen molar-refractivity contribution in [1.29, 1.82) is 0 Å². The first kappa shape index (κ1) is 13.1. The van der Waals surface area contributed by atoms with E-state index in [9.17, 15) is 9.90 Å². The van der Waals surface area contributed by atoms with Crippen molar-refractivity contribution in [1.82, 2.24) is 4.90 Å². The van der Waals surface area contributed by atoms with Crippen LogP contribution in [0.4, 0.5) is 0 Å². The van der Waals surface area contributed by atoms with Gasteiger partial charge in [0.25, 0.3) is 5.91 Å². The van der Waals surface area contributed by atoms with Gasteiger partial charge in [-0.1, -0.05) is 17.7 Å². The summed E-state index contributed by atoms with van der Waals surface area (Å²) in [6.07, 6.45) is 1.81. The molecule has 18 heavy (non-hydrogen) atoms. The lowest BCUT2D eigenvalue weighted by Gasteiger charge is -2.21. The summed E-state index contributed by atoms with van der Waals surface area (Å²) >= 11 is 0. The number of carbonyl (C=O) groups excluding carboxylic acids is 1. The molecule has 2 rings (SSSR count). The normalized spacial score (nSPS) is 16.4. The average molecular weight is 247 g/mol. The molecule has 3 heteroatoms. The van der Waals surface area contributed by atoms with Gasteiger partial charge in [0.05, 0.1) is 6.10 Å². The molecule has 0 aromatic heterocycles. The lowest BCUT2D eigenvalue weighted by molar-refractivity contribution is 0.0644. The van der Waals surface area contributed by atoms with Crippen LogP contribution in [0.25, 0.3) is 0 Å². The monoisotopic (exact) mass is 247 g/mol. The zero-order chi connectivity index (χ0) is 13.3. The molecule has 1 atom stereocenters. The molecule has 0 bridgehead atoms. The van der Waals surface area contributed by atoms with Crippen LogP contribution in [0.3, 0.4) is 0 Å². The van der Waals surface area contributed by atoms with Crippen molar-refractivity contribution in [2.45, 2.75) is 32.8 Å². The molecule has 1 saturated carbocycles. The molecule has 1 amide bonds. The van der Waals surface area contributed by atoms with Crippen molar-refractivity contribution in [2.75, 3.05) is 13.6 Å². The van der Waals surface area contributed by atoms with E-state index >= 15 is 0 Å². The maximum absolute atomic E-state index is 12.3. The molecule has 1 aliphatic carbocycles. The molecule has 1 aromatic carbocycles. The molecule has 1 N–H and O–H groups in total. The van der Waals surface area contributed by atoms with E-state index in [1.165, 1.54) is 0 Å². The molecule has 0 radical (unpaired) electrons. The number of nitrogens with zero attached hydrogens (tertiary/aromatic N) is 1. The Morgan fingerprint density at radius 2 is 2.11 bits per heavy atom. The minimum atomic E-state index is -0.371. The zero-order valence-electron chi connectivity index (χ0n) is 11.3. The van der Waals surface area contributed by atoms with Crippen molar-refractivity contribution < 1.29 is 9.90 Å². The summed E-state index contributed by atoms with van der Waals surface area (Å²) in [7, 11) is 1.76. The van der Waals surface area contributed by atoms with E-state index < -0.39 is 0 Å². The van der Waals surface area contributed by atoms with Crippen LogP contribution in [-0.4, -0.2) is 35.6 Å². The van der Waals surface area contributed by atoms with E-state index in [2.05, 4.69) is 0 Å². The Labute approximate surface area is 108 Å². The van der Waals surface area contributed by atoms with Crippen LogP contribution in [0.5, 0.6) is 0 Å². The number of aliphatic hydroxyl groups excluding tert-OH is 1. The Kier molecular flexibility index (Phi) is 3.71. The van der Waals surface area contributed by atoms with Crippen LogP contribution in [0.1, 0.15) is 34.3 Å². The van der Waals surface area contributed by atoms with Crippen molar-refractivity contribution in [3.8, 4) is 0 Å². The Morgan fingerprint density at radius 3 is 2.72 bits per heavy atom. The summed E-state index contributed by atoms with van der Waals surface area (Å²) in [5.41, 5.74) is 2.80. The van der Waals surface area contributed by atoms with Gasteiger partial charge in [0, 0.05) is 19.2 Å². The summed E-state index contributed by atoms with van der Waals surface area (Å²) in [5, 5.41) is 9.89. The highest BCUT2D eigenvalue weighted by Gasteiger charge is 2.31. The van der Waals surface area contributed by atoms with Crippen LogP contribution in [0.2, 0.25) is 0 Å². The van der Waals surface area contributed by atoms with Crippen LogP contribution in [0, 0.1) is 19.8 Å². The quantitative estimate of drug-likeness (QED) is 0.885. The third kappa shape index (κ3) is 2.91. The van der Waals surface area contributed by atoms with Gasteiger partial charge in [-0.05, 0) is 44.2 Å². The van der Waals surface area contributed by atoms with E-state index in [1.54, 1.807) is 11.9 Å². The van der Waals surface area contributed by atoms with Gasteiger partial charge in [-0.25, -0.2) is 0 Å². The van der Waals surface area contributed by atoms with Crippen molar-refractivity contribution >= 4 is 5.91 Å². The molecule has 1 unspecified atom stereocenters. The van der Waals surface area contributed by atoms with Gasteiger partial charge in [0.1, 0.15) is 0 Å². The minimum absolute atomic E-state index is 0.00380. The first-order valence-corrected chi connectivity index (χ1v) is 6.50. The molecule has 1 fully saturated rings. The largest absolute Gasteiger partial charge is 0.391 e. The average Bonchev–Trinajstić information content (AvgIpc) is 3.15. The first-order valence-electron chi connectivity index (χ1n) is 6.50. The van der Waals surface area contributed by atoms with Crippen LogP contribution >= 0.6 is 0 Å². The molecule has 1 aromatic rings. The topological polar surface area (TPSA) is 40.5 Å². The summed E-state index contributed by atoms with van der Waals surface area (Å²) in [6, 6.07) is 5.89. The first-order chi connectivity index (χ1) is 8.49. The smallest absolute Gasteiger partial charge is 0.253 e. The molecular formula is C15H21NO2. The second-order valence-corrected chi connectivity index (χ2v) is 5.41. The molecule has 1 aliphatic rings. The number of hydrogen-bond acceptors (Lipinski definition) is 2. The Hall–Kier alpha value is -1.35. The van der Waals surface area contributed by atoms with Crippen LogP contribution in [-0.2, 0) is 0 Å². The summed E-state index contributed by atoms with van der Waals surface area (Å²) in [4.78, 5) is 13.9. The fourth-order valence-corrected chi connectivity index (χ4v) is 2.17. The van der Waals surface area contributed by atoms with Crippen molar-refractivity contribution in [3.05, 3.63) is 34.9 Å². The lowest BCUT2D eigenvalue weighted by Crippen LogP contribution is -2.35. The van der Waals surface area contributed by atoms with Gasteiger partial charge in [-0.2, -0.15) is 0 Å². The van der Waals surface area contributed by atoms with Gasteiger partial charge < -0.3 is 10.0 Å². The van der Waals surface area contributed by atoms with Gasteiger partial charge in [0.2, 0.25) is 0 Å². The van der Waals surface area contributed by atoms with E-state index in [4.69, 9.17) is 0 Å². The molecule has 3 nitrogen and oxygen atoms in total. The maximum Gasteiger partial charge on any atom is 0.253 e. The summed E-state index contributed by atoms with van der Waals surface area (Å²) in [5.74, 6) is 0.398. The fraction of sp³-hybridized carbons (Fsp3) is 0.533. The SMILES string of the molecule is Cc1ccc(C)c(C(=O)N(C)CC(O)C2CC2)c1. The van der Waals surface area contributed by atoms with E-state index in [0.717, 1.165) is 29.5 Å². The Bertz CT molecular complexity index is 452. The number of carbonyl (C=O) groups is 1. The fourth-order valence-electron chi connectivity index (χ4n) is 2.17. The van der Waals surface area contributed by atoms with Crippen molar-refractivity contribution in [3.63, 3.8) is 0 Å². The summed E-state index contributed by atoms with van der Waals surface area (Å²) < 4.78 is 0. The molecule has 0 aliphatic heterocycles. The zero-order valence-corrected chi connectivity index (χ0v) is 11.3. The van der Waals surface area contributed by atoms with E-state index in [1.807, 2.05) is 32.0 Å². The minimum Gasteiger partial charge on any atom is -0.391 e. The predicted octanol–water partition coefficient (Wildman–Crippen LogP) is 2.15. The number of benzene rings is 1. The van der Waals surface area contributed by atoms with E-state index in [-0.39, 0.29) is 12.0 Å². The van der Waals surface area contributed by atoms with Crippen LogP contribution < -0.4 is 0 Å². The van der Waals surface area contributed by atoms with Crippen molar-refractivity contribution in [2.24, 2.45) is 5.92 Å². The number of aryl methyl sites for hydroxylation is 2. The molecule has 0 heterocycles. The van der Waals surface area contributed by atoms with Gasteiger partial charge >= 0.3 is 0 Å². The Balaban J connectivity index is 2.07. The highest BCUT2D eigenvalue weighted by molar-refractivity contribution is 5.95. The predicted molar refractivity (Wildman–Crippen MR) is 71.6 cm³/mol. The number of rotatable bonds is 4. The standard InChI is InChI=1S/C15H21NO2/c1-10-4-5-11(2)13(8-10)15(18)16(3)9-14(17)12-6-7-12/h4-5,8,12,14,17H,6-7,9H2,1-3H3. The van der Waals surface area contributed by atoms with Gasteiger partial charge in [-0.3, -0.25) is 4.79 Å². The molecular weight excluding hydrogens is 226 g/mol. The molecule has 0 saturated heterocycles. The number of likely N-dealkylation sites (N-methyl/N-ethyl adjacent to an activating group) is 1. The third-order valence-electron chi connectivity index (χ3n) is 3.60. The summed E-state index contributed by atoms with van der Waals surface area (Å²) in [6.45, 7) is 4.35. The number of amides is 1. The maximum atomic E-state index is 12.3.